The molecule has 0 saturated carbocycles. The Labute approximate surface area is 227 Å². The van der Waals surface area contributed by atoms with E-state index < -0.39 is 53.4 Å². The van der Waals surface area contributed by atoms with E-state index in [9.17, 15) is 27.9 Å². The molecule has 1 unspecified atom stereocenters. The fourth-order valence-corrected chi connectivity index (χ4v) is 6.12. The molecule has 1 fully saturated rings. The third-order valence-corrected chi connectivity index (χ3v) is 8.02. The van der Waals surface area contributed by atoms with Crippen LogP contribution in [0.15, 0.2) is 24.0 Å². The number of aliphatic hydroxyl groups is 1. The predicted octanol–water partition coefficient (Wildman–Crippen LogP) is 1.43. The number of methoxy groups -OCH3 is 1. The van der Waals surface area contributed by atoms with Gasteiger partial charge in [0.1, 0.15) is 11.8 Å². The lowest BCUT2D eigenvalue weighted by Crippen LogP contribution is -2.74. The molecule has 2 aliphatic heterocycles. The number of ether oxygens (including phenoxy) is 4. The van der Waals surface area contributed by atoms with Gasteiger partial charge in [0.25, 0.3) is 0 Å². The normalized spacial score (nSPS) is 29.4. The van der Waals surface area contributed by atoms with Gasteiger partial charge in [-0.2, -0.15) is 13.2 Å². The number of likely N-dealkylation sites (tertiary alicyclic amines) is 1. The molecule has 4 aliphatic rings. The first-order valence-corrected chi connectivity index (χ1v) is 12.6. The largest absolute Gasteiger partial charge is 0.493 e. The van der Waals surface area contributed by atoms with Crippen LogP contribution in [0.3, 0.4) is 0 Å². The highest BCUT2D eigenvalue weighted by Gasteiger charge is 2.72. The monoisotopic (exact) mass is 572 g/mol. The van der Waals surface area contributed by atoms with Gasteiger partial charge in [0.15, 0.2) is 23.7 Å². The maximum Gasteiger partial charge on any atom is 0.490 e. The van der Waals surface area contributed by atoms with Crippen LogP contribution in [0.1, 0.15) is 37.8 Å². The summed E-state index contributed by atoms with van der Waals surface area (Å²) in [5.74, 6) is -2.65. The zero-order valence-corrected chi connectivity index (χ0v) is 22.3. The van der Waals surface area contributed by atoms with Crippen LogP contribution in [0.4, 0.5) is 13.2 Å². The molecule has 0 amide bonds. The number of esters is 2. The number of benzene rings is 1. The van der Waals surface area contributed by atoms with Crippen molar-refractivity contribution in [1.82, 2.24) is 4.90 Å². The number of nitrogens with two attached hydrogens (primary N) is 1. The van der Waals surface area contributed by atoms with E-state index in [2.05, 4.69) is 4.90 Å². The third kappa shape index (κ3) is 4.57. The molecule has 1 spiro atoms. The second kappa shape index (κ2) is 10.2. The van der Waals surface area contributed by atoms with Gasteiger partial charge in [-0.25, -0.2) is 9.59 Å². The second-order valence-electron chi connectivity index (χ2n) is 10.4. The Balaban J connectivity index is 0.000000470. The average Bonchev–Trinajstić information content (AvgIpc) is 3.23. The second-order valence-corrected chi connectivity index (χ2v) is 10.4. The van der Waals surface area contributed by atoms with E-state index in [-0.39, 0.29) is 6.04 Å². The quantitative estimate of drug-likeness (QED) is 0.439. The first-order valence-electron chi connectivity index (χ1n) is 12.6. The van der Waals surface area contributed by atoms with Crippen molar-refractivity contribution in [3.63, 3.8) is 0 Å². The summed E-state index contributed by atoms with van der Waals surface area (Å²) < 4.78 is 54.6. The smallest absolute Gasteiger partial charge is 0.490 e. The molecule has 14 heteroatoms. The summed E-state index contributed by atoms with van der Waals surface area (Å²) in [6, 6.07) is 2.98. The average molecular weight is 573 g/mol. The van der Waals surface area contributed by atoms with Gasteiger partial charge >= 0.3 is 24.1 Å². The van der Waals surface area contributed by atoms with Gasteiger partial charge in [0, 0.05) is 18.0 Å². The molecule has 220 valence electrons. The summed E-state index contributed by atoms with van der Waals surface area (Å²) in [4.78, 5) is 35.7. The number of aliphatic carboxylic acids is 1. The number of likely N-dealkylation sites (N-methyl/N-ethyl adjacent to an activating group) is 1. The molecular weight excluding hydrogens is 541 g/mol. The number of nitrogens with zero attached hydrogens (tertiary/aromatic N) is 1. The van der Waals surface area contributed by atoms with E-state index in [1.165, 1.54) is 13.8 Å². The van der Waals surface area contributed by atoms with Gasteiger partial charge in [-0.05, 0) is 58.0 Å². The molecule has 2 bridgehead atoms. The summed E-state index contributed by atoms with van der Waals surface area (Å²) >= 11 is 0. The van der Waals surface area contributed by atoms with Crippen molar-refractivity contribution in [3.05, 3.63) is 35.1 Å². The van der Waals surface area contributed by atoms with Gasteiger partial charge in [-0.1, -0.05) is 6.07 Å². The van der Waals surface area contributed by atoms with Crippen molar-refractivity contribution in [2.75, 3.05) is 20.7 Å². The number of carbonyl (C=O) groups is 3. The lowest BCUT2D eigenvalue weighted by molar-refractivity contribution is -0.192. The van der Waals surface area contributed by atoms with E-state index >= 15 is 0 Å². The van der Waals surface area contributed by atoms with Crippen molar-refractivity contribution in [2.45, 2.75) is 74.6 Å². The molecule has 0 radical (unpaired) electrons. The predicted molar refractivity (Wildman–Crippen MR) is 130 cm³/mol. The Morgan fingerprint density at radius 3 is 2.45 bits per heavy atom. The fraction of sp³-hybridized carbons (Fsp3) is 0.577. The lowest BCUT2D eigenvalue weighted by atomic mass is 9.50. The minimum absolute atomic E-state index is 0.0939. The Morgan fingerprint density at radius 1 is 1.23 bits per heavy atom. The molecule has 5 rings (SSSR count). The van der Waals surface area contributed by atoms with Crippen LogP contribution in [-0.4, -0.2) is 89.8 Å². The van der Waals surface area contributed by atoms with Crippen LogP contribution in [0.25, 0.3) is 0 Å². The molecular formula is C26H31F3N2O9. The number of hydrogen-bond acceptors (Lipinski definition) is 10. The maximum absolute atomic E-state index is 12.8. The summed E-state index contributed by atoms with van der Waals surface area (Å²) in [7, 11) is 3.61. The Kier molecular flexibility index (Phi) is 7.58. The van der Waals surface area contributed by atoms with Gasteiger partial charge < -0.3 is 39.8 Å². The van der Waals surface area contributed by atoms with Crippen LogP contribution in [0, 0.1) is 0 Å². The molecule has 1 saturated heterocycles. The zero-order chi connectivity index (χ0) is 29.8. The van der Waals surface area contributed by atoms with Crippen LogP contribution >= 0.6 is 0 Å². The summed E-state index contributed by atoms with van der Waals surface area (Å²) in [6.07, 6.45) is -3.53. The van der Waals surface area contributed by atoms with Gasteiger partial charge in [0.05, 0.1) is 18.1 Å². The molecule has 11 nitrogen and oxygen atoms in total. The van der Waals surface area contributed by atoms with Crippen LogP contribution < -0.4 is 15.2 Å². The molecule has 2 aliphatic carbocycles. The first kappa shape index (κ1) is 29.6. The number of piperidine rings is 1. The summed E-state index contributed by atoms with van der Waals surface area (Å²) in [6.45, 7) is 3.70. The summed E-state index contributed by atoms with van der Waals surface area (Å²) in [5, 5.41) is 19.3. The van der Waals surface area contributed by atoms with Crippen molar-refractivity contribution in [2.24, 2.45) is 5.73 Å². The van der Waals surface area contributed by atoms with Crippen molar-refractivity contribution in [1.29, 1.82) is 0 Å². The van der Waals surface area contributed by atoms with Crippen LogP contribution in [-0.2, 0) is 35.7 Å². The highest BCUT2D eigenvalue weighted by molar-refractivity contribution is 5.82. The minimum atomic E-state index is -5.08. The van der Waals surface area contributed by atoms with E-state index in [0.717, 1.165) is 17.7 Å². The van der Waals surface area contributed by atoms with E-state index in [1.54, 1.807) is 13.2 Å². The number of hydrogen-bond donors (Lipinski definition) is 3. The van der Waals surface area contributed by atoms with Crippen LogP contribution in [0.5, 0.6) is 11.5 Å². The van der Waals surface area contributed by atoms with Gasteiger partial charge in [-0.15, -0.1) is 0 Å². The Hall–Kier alpha value is -3.36. The van der Waals surface area contributed by atoms with Crippen molar-refractivity contribution < 1.29 is 56.7 Å². The number of carbonyl (C=O) groups excluding carboxylic acids is 2. The minimum Gasteiger partial charge on any atom is -0.493 e. The number of alkyl halides is 3. The Bertz CT molecular complexity index is 1250. The topological polar surface area (TPSA) is 158 Å². The standard InChI is InChI=1S/C24H30N2O7.C2HF3O2/c1-12(25)21(27)31-13(2)22(28)32-16-7-8-24(29)17-11-14-5-6-15(30-4)19-18(14)23(24,20(16)33-19)9-10-26(17)3;3-2(4,5)1(6)7/h5-7,12-13,17,20,29H,8-11,25H2,1-4H3;(H,6,7)/t12-,13?,17+,20-,23-,24+;/m0./s1. The van der Waals surface area contributed by atoms with Gasteiger partial charge in [-0.3, -0.25) is 4.79 Å². The molecule has 1 aromatic rings. The molecule has 6 atom stereocenters. The molecule has 2 heterocycles. The fourth-order valence-electron chi connectivity index (χ4n) is 6.12. The van der Waals surface area contributed by atoms with E-state index in [1.807, 2.05) is 19.2 Å². The van der Waals surface area contributed by atoms with Crippen LogP contribution in [0.2, 0.25) is 0 Å². The lowest BCUT2D eigenvalue weighted by Gasteiger charge is -2.61. The first-order chi connectivity index (χ1) is 18.6. The van der Waals surface area contributed by atoms with E-state index in [4.69, 9.17) is 34.6 Å². The van der Waals surface area contributed by atoms with Crippen molar-refractivity contribution in [3.8, 4) is 11.5 Å². The molecule has 0 aromatic heterocycles. The van der Waals surface area contributed by atoms with Gasteiger partial charge in [0.2, 0.25) is 0 Å². The number of carboxylic acid groups (broad SMARTS) is 1. The third-order valence-electron chi connectivity index (χ3n) is 8.02. The SMILES string of the molecule is COc1ccc2c3c1O[C@H]1C(OC(=O)C(C)OC(=O)[C@H](C)N)=CC[C@@]4(O)[C@@H](C2)N(C)CC[C@]314.O=C(O)C(F)(F)F. The Morgan fingerprint density at radius 2 is 1.88 bits per heavy atom. The molecule has 4 N–H and O–H groups in total. The zero-order valence-electron chi connectivity index (χ0n) is 22.3. The molecule has 40 heavy (non-hydrogen) atoms. The highest BCUT2D eigenvalue weighted by atomic mass is 19.4. The highest BCUT2D eigenvalue weighted by Crippen LogP contribution is 2.65. The number of halogens is 3. The number of carboxylic acids is 1. The van der Waals surface area contributed by atoms with Crippen molar-refractivity contribution >= 4 is 17.9 Å². The van der Waals surface area contributed by atoms with E-state index in [0.29, 0.717) is 36.5 Å². The summed E-state index contributed by atoms with van der Waals surface area (Å²) in [5.41, 5.74) is 5.75. The number of rotatable bonds is 5. The maximum atomic E-state index is 12.8. The molecule has 1 aromatic carbocycles.